The number of carbonyl (C=O) groups excluding carboxylic acids is 1. The maximum atomic E-state index is 11.7. The average Bonchev–Trinajstić information content (AvgIpc) is 2.93. The van der Waals surface area contributed by atoms with Crippen LogP contribution in [-0.2, 0) is 13.8 Å². The van der Waals surface area contributed by atoms with E-state index >= 15 is 0 Å². The number of hydrogen-bond donors (Lipinski definition) is 0. The standard InChI is InChI=1S/C12H15ClO5S/c1-8-11(19(13,15)16)6-10(18-8)12(14)17-7-9-4-2-3-5-9/h6,9H,2-5,7H2,1H3. The molecule has 0 amide bonds. The Hall–Kier alpha value is -1.01. The van der Waals surface area contributed by atoms with Crippen LogP contribution in [0.3, 0.4) is 0 Å². The third kappa shape index (κ3) is 3.51. The summed E-state index contributed by atoms with van der Waals surface area (Å²) in [6.07, 6.45) is 4.45. The molecule has 0 spiro atoms. The van der Waals surface area contributed by atoms with Gasteiger partial charge in [-0.05, 0) is 25.7 Å². The Balaban J connectivity index is 2.03. The van der Waals surface area contributed by atoms with Crippen molar-refractivity contribution in [1.82, 2.24) is 0 Å². The maximum Gasteiger partial charge on any atom is 0.374 e. The molecular formula is C12H15ClO5S. The molecule has 0 aliphatic heterocycles. The summed E-state index contributed by atoms with van der Waals surface area (Å²) in [7, 11) is 1.32. The molecule has 0 saturated heterocycles. The first-order valence-corrected chi connectivity index (χ1v) is 8.41. The minimum Gasteiger partial charge on any atom is -0.460 e. The predicted molar refractivity (Wildman–Crippen MR) is 68.7 cm³/mol. The first kappa shape index (κ1) is 14.4. The SMILES string of the molecule is Cc1oc(C(=O)OCC2CCCC2)cc1S(=O)(=O)Cl. The third-order valence-electron chi connectivity index (χ3n) is 3.26. The second kappa shape index (κ2) is 5.54. The van der Waals surface area contributed by atoms with Crippen LogP contribution in [0.15, 0.2) is 15.4 Å². The van der Waals surface area contributed by atoms with Crippen molar-refractivity contribution in [2.24, 2.45) is 5.92 Å². The van der Waals surface area contributed by atoms with Crippen LogP contribution in [0.25, 0.3) is 0 Å². The van der Waals surface area contributed by atoms with Crippen LogP contribution < -0.4 is 0 Å². The van der Waals surface area contributed by atoms with Crippen molar-refractivity contribution in [3.05, 3.63) is 17.6 Å². The van der Waals surface area contributed by atoms with Crippen LogP contribution in [-0.4, -0.2) is 21.0 Å². The van der Waals surface area contributed by atoms with Gasteiger partial charge in [-0.3, -0.25) is 0 Å². The minimum absolute atomic E-state index is 0.0859. The van der Waals surface area contributed by atoms with Gasteiger partial charge in [0.1, 0.15) is 10.7 Å². The molecular weight excluding hydrogens is 292 g/mol. The van der Waals surface area contributed by atoms with E-state index in [1.54, 1.807) is 0 Å². The van der Waals surface area contributed by atoms with Crippen LogP contribution in [0.5, 0.6) is 0 Å². The van der Waals surface area contributed by atoms with Gasteiger partial charge in [0.25, 0.3) is 9.05 Å². The van der Waals surface area contributed by atoms with Gasteiger partial charge in [-0.1, -0.05) is 12.8 Å². The molecule has 106 valence electrons. The Morgan fingerprint density at radius 1 is 1.47 bits per heavy atom. The fraction of sp³-hybridized carbons (Fsp3) is 0.583. The fourth-order valence-electron chi connectivity index (χ4n) is 2.25. The molecule has 1 saturated carbocycles. The number of hydrogen-bond acceptors (Lipinski definition) is 5. The summed E-state index contributed by atoms with van der Waals surface area (Å²) >= 11 is 0. The van der Waals surface area contributed by atoms with E-state index in [1.165, 1.54) is 6.92 Å². The van der Waals surface area contributed by atoms with Crippen molar-refractivity contribution in [2.45, 2.75) is 37.5 Å². The summed E-state index contributed by atoms with van der Waals surface area (Å²) in [4.78, 5) is 11.5. The molecule has 2 rings (SSSR count). The van der Waals surface area contributed by atoms with Gasteiger partial charge in [-0.15, -0.1) is 0 Å². The van der Waals surface area contributed by atoms with Crippen LogP contribution >= 0.6 is 10.7 Å². The lowest BCUT2D eigenvalue weighted by atomic mass is 10.1. The van der Waals surface area contributed by atoms with Gasteiger partial charge in [-0.25, -0.2) is 13.2 Å². The second-order valence-corrected chi connectivity index (χ2v) is 7.25. The molecule has 0 radical (unpaired) electrons. The highest BCUT2D eigenvalue weighted by atomic mass is 35.7. The van der Waals surface area contributed by atoms with Gasteiger partial charge in [0.2, 0.25) is 5.76 Å². The molecule has 0 N–H and O–H groups in total. The number of halogens is 1. The van der Waals surface area contributed by atoms with Crippen molar-refractivity contribution in [3.8, 4) is 0 Å². The summed E-state index contributed by atoms with van der Waals surface area (Å²) in [5, 5.41) is 0. The summed E-state index contributed by atoms with van der Waals surface area (Å²) in [5.74, 6) is -0.296. The summed E-state index contributed by atoms with van der Waals surface area (Å²) in [5.41, 5.74) is 0. The Morgan fingerprint density at radius 3 is 2.63 bits per heavy atom. The van der Waals surface area contributed by atoms with Gasteiger partial charge in [0.05, 0.1) is 6.61 Å². The largest absolute Gasteiger partial charge is 0.460 e. The smallest absolute Gasteiger partial charge is 0.374 e. The van der Waals surface area contributed by atoms with Crippen LogP contribution in [0, 0.1) is 12.8 Å². The average molecular weight is 307 g/mol. The normalized spacial score (nSPS) is 16.7. The fourth-order valence-corrected chi connectivity index (χ4v) is 3.34. The van der Waals surface area contributed by atoms with E-state index in [9.17, 15) is 13.2 Å². The van der Waals surface area contributed by atoms with Crippen molar-refractivity contribution in [2.75, 3.05) is 6.61 Å². The third-order valence-corrected chi connectivity index (χ3v) is 4.69. The van der Waals surface area contributed by atoms with Crippen molar-refractivity contribution in [3.63, 3.8) is 0 Å². The molecule has 0 aromatic carbocycles. The van der Waals surface area contributed by atoms with Crippen LogP contribution in [0.1, 0.15) is 42.0 Å². The highest BCUT2D eigenvalue weighted by Crippen LogP contribution is 2.26. The van der Waals surface area contributed by atoms with Crippen molar-refractivity contribution >= 4 is 25.7 Å². The molecule has 7 heteroatoms. The van der Waals surface area contributed by atoms with E-state index in [2.05, 4.69) is 0 Å². The van der Waals surface area contributed by atoms with Gasteiger partial charge < -0.3 is 9.15 Å². The lowest BCUT2D eigenvalue weighted by Gasteiger charge is -2.08. The molecule has 0 bridgehead atoms. The number of rotatable bonds is 4. The van der Waals surface area contributed by atoms with E-state index in [0.717, 1.165) is 31.7 Å². The topological polar surface area (TPSA) is 73.6 Å². The van der Waals surface area contributed by atoms with Crippen molar-refractivity contribution < 1.29 is 22.4 Å². The van der Waals surface area contributed by atoms with E-state index in [4.69, 9.17) is 19.8 Å². The first-order chi connectivity index (χ1) is 8.88. The highest BCUT2D eigenvalue weighted by molar-refractivity contribution is 8.13. The minimum atomic E-state index is -3.91. The Labute approximate surface area is 116 Å². The number of aryl methyl sites for hydroxylation is 1. The molecule has 1 aliphatic carbocycles. The second-order valence-electron chi connectivity index (χ2n) is 4.72. The monoisotopic (exact) mass is 306 g/mol. The first-order valence-electron chi connectivity index (χ1n) is 6.10. The molecule has 1 aromatic heterocycles. The zero-order valence-electron chi connectivity index (χ0n) is 10.5. The molecule has 1 aliphatic rings. The van der Waals surface area contributed by atoms with Gasteiger partial charge >= 0.3 is 5.97 Å². The highest BCUT2D eigenvalue weighted by Gasteiger charge is 2.24. The summed E-state index contributed by atoms with van der Waals surface area (Å²) < 4.78 is 32.6. The van der Waals surface area contributed by atoms with Gasteiger partial charge in [0.15, 0.2) is 0 Å². The van der Waals surface area contributed by atoms with E-state index in [-0.39, 0.29) is 16.4 Å². The van der Waals surface area contributed by atoms with Crippen LogP contribution in [0.2, 0.25) is 0 Å². The van der Waals surface area contributed by atoms with Crippen molar-refractivity contribution in [1.29, 1.82) is 0 Å². The van der Waals surface area contributed by atoms with E-state index in [1.807, 2.05) is 0 Å². The van der Waals surface area contributed by atoms with Gasteiger partial charge in [-0.2, -0.15) is 0 Å². The number of ether oxygens (including phenoxy) is 1. The lowest BCUT2D eigenvalue weighted by molar-refractivity contribution is 0.0405. The molecule has 0 atom stereocenters. The molecule has 1 heterocycles. The molecule has 5 nitrogen and oxygen atoms in total. The zero-order chi connectivity index (χ0) is 14.0. The quantitative estimate of drug-likeness (QED) is 0.631. The Morgan fingerprint density at radius 2 is 2.11 bits per heavy atom. The molecule has 19 heavy (non-hydrogen) atoms. The van der Waals surface area contributed by atoms with Crippen LogP contribution in [0.4, 0.5) is 0 Å². The zero-order valence-corrected chi connectivity index (χ0v) is 12.1. The van der Waals surface area contributed by atoms with E-state index < -0.39 is 15.0 Å². The summed E-state index contributed by atoms with van der Waals surface area (Å²) in [6, 6.07) is 1.11. The molecule has 1 fully saturated rings. The molecule has 1 aromatic rings. The van der Waals surface area contributed by atoms with Gasteiger partial charge in [0, 0.05) is 16.7 Å². The number of carbonyl (C=O) groups is 1. The summed E-state index contributed by atoms with van der Waals surface area (Å²) in [6.45, 7) is 1.78. The van der Waals surface area contributed by atoms with E-state index in [0.29, 0.717) is 12.5 Å². The predicted octanol–water partition coefficient (Wildman–Crippen LogP) is 2.86. The maximum absolute atomic E-state index is 11.7. The lowest BCUT2D eigenvalue weighted by Crippen LogP contribution is -2.11. The Bertz CT molecular complexity index is 569. The molecule has 0 unspecified atom stereocenters. The number of esters is 1. The number of furan rings is 1. The Kier molecular flexibility index (Phi) is 4.20.